The average Bonchev–Trinajstić information content (AvgIpc) is 3.15. The molecule has 0 spiro atoms. The standard InChI is InChI=1S/C27H32F2N2OSi/c1-8-9-23-22-12-13-31(33(17(2)3,18(4)5)19(6)7)26(22)15-25(29)27(23)32-21-10-11-24(28)20(14-21)16-30/h8,10-15,17-19H,1,9H2,2-7H3. The topological polar surface area (TPSA) is 37.9 Å². The van der Waals surface area contributed by atoms with Gasteiger partial charge in [-0.1, -0.05) is 47.6 Å². The molecule has 0 saturated carbocycles. The van der Waals surface area contributed by atoms with Gasteiger partial charge >= 0.3 is 0 Å². The second kappa shape index (κ2) is 9.52. The molecule has 3 nitrogen and oxygen atoms in total. The molecule has 1 aromatic heterocycles. The van der Waals surface area contributed by atoms with Crippen LogP contribution in [0.3, 0.4) is 0 Å². The van der Waals surface area contributed by atoms with Crippen LogP contribution in [0.25, 0.3) is 10.9 Å². The van der Waals surface area contributed by atoms with Crippen molar-refractivity contribution >= 4 is 19.1 Å². The number of fused-ring (bicyclic) bond motifs is 1. The minimum atomic E-state index is -2.09. The number of aromatic nitrogens is 1. The van der Waals surface area contributed by atoms with Crippen molar-refractivity contribution in [3.05, 3.63) is 71.9 Å². The van der Waals surface area contributed by atoms with Crippen molar-refractivity contribution in [3.8, 4) is 17.6 Å². The van der Waals surface area contributed by atoms with Crippen molar-refractivity contribution in [1.29, 1.82) is 5.26 Å². The van der Waals surface area contributed by atoms with Gasteiger partial charge in [-0.25, -0.2) is 8.78 Å². The maximum atomic E-state index is 15.6. The molecule has 0 N–H and O–H groups in total. The Bertz CT molecular complexity index is 1200. The Morgan fingerprint density at radius 1 is 1.03 bits per heavy atom. The molecule has 0 aliphatic carbocycles. The summed E-state index contributed by atoms with van der Waals surface area (Å²) in [6.07, 6.45) is 4.25. The molecule has 0 aliphatic heterocycles. The minimum absolute atomic E-state index is 0.0848. The van der Waals surface area contributed by atoms with Crippen molar-refractivity contribution < 1.29 is 13.5 Å². The summed E-state index contributed by atoms with van der Waals surface area (Å²) in [5.74, 6) is -0.824. The molecule has 0 unspecified atom stereocenters. The van der Waals surface area contributed by atoms with Gasteiger partial charge in [0, 0.05) is 28.6 Å². The van der Waals surface area contributed by atoms with E-state index in [2.05, 4.69) is 58.6 Å². The van der Waals surface area contributed by atoms with Crippen LogP contribution in [0.1, 0.15) is 52.7 Å². The van der Waals surface area contributed by atoms with Crippen LogP contribution in [0.4, 0.5) is 8.78 Å². The molecule has 0 aliphatic rings. The van der Waals surface area contributed by atoms with Crippen LogP contribution < -0.4 is 4.74 Å². The predicted octanol–water partition coefficient (Wildman–Crippen LogP) is 8.34. The zero-order chi connectivity index (χ0) is 24.5. The van der Waals surface area contributed by atoms with E-state index in [4.69, 9.17) is 10.00 Å². The zero-order valence-corrected chi connectivity index (χ0v) is 21.2. The average molecular weight is 467 g/mol. The highest BCUT2D eigenvalue weighted by Gasteiger charge is 2.45. The maximum Gasteiger partial charge on any atom is 0.169 e. The summed E-state index contributed by atoms with van der Waals surface area (Å²) in [7, 11) is -2.09. The van der Waals surface area contributed by atoms with E-state index in [1.165, 1.54) is 12.1 Å². The maximum absolute atomic E-state index is 15.6. The normalized spacial score (nSPS) is 12.1. The number of allylic oxidation sites excluding steroid dienone is 1. The molecular formula is C27H32F2N2OSi. The highest BCUT2D eigenvalue weighted by atomic mass is 28.3. The Balaban J connectivity index is 2.26. The summed E-state index contributed by atoms with van der Waals surface area (Å²) in [5, 5.41) is 10.0. The highest BCUT2D eigenvalue weighted by molar-refractivity contribution is 6.82. The molecule has 3 rings (SSSR count). The molecule has 0 radical (unpaired) electrons. The molecule has 0 saturated heterocycles. The first-order valence-electron chi connectivity index (χ1n) is 11.4. The first-order valence-corrected chi connectivity index (χ1v) is 13.6. The van der Waals surface area contributed by atoms with Crippen LogP contribution in [0, 0.1) is 23.0 Å². The van der Waals surface area contributed by atoms with E-state index >= 15 is 4.39 Å². The second-order valence-electron chi connectivity index (χ2n) is 9.48. The summed E-state index contributed by atoms with van der Waals surface area (Å²) in [6, 6.07) is 9.23. The van der Waals surface area contributed by atoms with E-state index in [1.54, 1.807) is 18.2 Å². The third-order valence-electron chi connectivity index (χ3n) is 6.82. The molecule has 174 valence electrons. The van der Waals surface area contributed by atoms with Gasteiger partial charge in [-0.05, 0) is 47.4 Å². The molecule has 6 heteroatoms. The zero-order valence-electron chi connectivity index (χ0n) is 20.2. The number of benzene rings is 2. The van der Waals surface area contributed by atoms with Gasteiger partial charge in [0.15, 0.2) is 19.8 Å². The predicted molar refractivity (Wildman–Crippen MR) is 133 cm³/mol. The Hall–Kier alpha value is -2.91. The SMILES string of the molecule is C=CCc1c(Oc2ccc(F)c(C#N)c2)c(F)cc2c1ccn2[Si](C(C)C)(C(C)C)C(C)C. The second-order valence-corrected chi connectivity index (χ2v) is 15.2. The number of nitriles is 1. The van der Waals surface area contributed by atoms with Crippen molar-refractivity contribution in [1.82, 2.24) is 4.23 Å². The summed E-state index contributed by atoms with van der Waals surface area (Å²) >= 11 is 0. The molecule has 0 amide bonds. The van der Waals surface area contributed by atoms with Crippen LogP contribution in [0.15, 0.2) is 49.2 Å². The number of ether oxygens (including phenoxy) is 1. The van der Waals surface area contributed by atoms with Crippen LogP contribution in [-0.4, -0.2) is 12.5 Å². The van der Waals surface area contributed by atoms with E-state index in [0.717, 1.165) is 17.0 Å². The van der Waals surface area contributed by atoms with E-state index in [-0.39, 0.29) is 17.1 Å². The van der Waals surface area contributed by atoms with Crippen molar-refractivity contribution in [2.75, 3.05) is 0 Å². The smallest absolute Gasteiger partial charge is 0.169 e. The summed E-state index contributed by atoms with van der Waals surface area (Å²) in [4.78, 5) is 0. The van der Waals surface area contributed by atoms with Gasteiger partial charge in [0.25, 0.3) is 0 Å². The molecule has 33 heavy (non-hydrogen) atoms. The lowest BCUT2D eigenvalue weighted by molar-refractivity contribution is 0.437. The fourth-order valence-corrected chi connectivity index (χ4v) is 12.3. The summed E-state index contributed by atoms with van der Waals surface area (Å²) < 4.78 is 37.6. The molecule has 2 aromatic carbocycles. The van der Waals surface area contributed by atoms with Gasteiger partial charge < -0.3 is 8.97 Å². The number of nitrogens with zero attached hydrogens (tertiary/aromatic N) is 2. The van der Waals surface area contributed by atoms with E-state index in [0.29, 0.717) is 28.6 Å². The van der Waals surface area contributed by atoms with Gasteiger partial charge in [-0.15, -0.1) is 6.58 Å². The number of rotatable bonds is 8. The Morgan fingerprint density at radius 2 is 1.67 bits per heavy atom. The van der Waals surface area contributed by atoms with Gasteiger partial charge in [-0.2, -0.15) is 5.26 Å². The molecule has 3 aromatic rings. The van der Waals surface area contributed by atoms with Gasteiger partial charge in [0.1, 0.15) is 17.6 Å². The lowest BCUT2D eigenvalue weighted by Gasteiger charge is -2.44. The molecule has 0 bridgehead atoms. The quantitative estimate of drug-likeness (QED) is 0.247. The van der Waals surface area contributed by atoms with Gasteiger partial charge in [0.2, 0.25) is 0 Å². The number of hydrogen-bond acceptors (Lipinski definition) is 2. The lowest BCUT2D eigenvalue weighted by Crippen LogP contribution is -2.51. The van der Waals surface area contributed by atoms with E-state index < -0.39 is 19.9 Å². The van der Waals surface area contributed by atoms with E-state index in [1.807, 2.05) is 6.07 Å². The number of halogens is 2. The molecule has 0 atom stereocenters. The largest absolute Gasteiger partial charge is 0.454 e. The summed E-state index contributed by atoms with van der Waals surface area (Å²) in [5.41, 5.74) is 2.79. The van der Waals surface area contributed by atoms with Crippen LogP contribution in [0.2, 0.25) is 16.6 Å². The first kappa shape index (κ1) is 24.7. The van der Waals surface area contributed by atoms with Gasteiger partial charge in [0.05, 0.1) is 5.56 Å². The third-order valence-corrected chi connectivity index (χ3v) is 13.6. The Labute approximate surface area is 196 Å². The molecule has 1 heterocycles. The van der Waals surface area contributed by atoms with E-state index in [9.17, 15) is 4.39 Å². The monoisotopic (exact) mass is 466 g/mol. The first-order chi connectivity index (χ1) is 15.6. The third kappa shape index (κ3) is 4.11. The van der Waals surface area contributed by atoms with Crippen molar-refractivity contribution in [2.24, 2.45) is 0 Å². The lowest BCUT2D eigenvalue weighted by atomic mass is 10.1. The Morgan fingerprint density at radius 3 is 2.21 bits per heavy atom. The van der Waals surface area contributed by atoms with Crippen LogP contribution >= 0.6 is 0 Å². The highest BCUT2D eigenvalue weighted by Crippen LogP contribution is 2.46. The number of hydrogen-bond donors (Lipinski definition) is 0. The van der Waals surface area contributed by atoms with Crippen molar-refractivity contribution in [2.45, 2.75) is 64.6 Å². The molecule has 0 fully saturated rings. The van der Waals surface area contributed by atoms with Crippen LogP contribution in [0.5, 0.6) is 11.5 Å². The fourth-order valence-electron chi connectivity index (χ4n) is 5.70. The fraction of sp³-hybridized carbons (Fsp3) is 0.370. The van der Waals surface area contributed by atoms with Crippen molar-refractivity contribution in [3.63, 3.8) is 0 Å². The molecular weight excluding hydrogens is 434 g/mol. The van der Waals surface area contributed by atoms with Gasteiger partial charge in [-0.3, -0.25) is 0 Å². The summed E-state index contributed by atoms with van der Waals surface area (Å²) in [6.45, 7) is 17.5. The Kier molecular flexibility index (Phi) is 7.13. The van der Waals surface area contributed by atoms with Crippen LogP contribution in [-0.2, 0) is 6.42 Å². The minimum Gasteiger partial charge on any atom is -0.454 e.